The second-order valence-electron chi connectivity index (χ2n) is 8.80. The maximum atomic E-state index is 12.8. The molecule has 0 heterocycles. The lowest BCUT2D eigenvalue weighted by atomic mass is 9.92. The Morgan fingerprint density at radius 3 is 2.06 bits per heavy atom. The third-order valence-corrected chi connectivity index (χ3v) is 6.16. The zero-order valence-electron chi connectivity index (χ0n) is 19.7. The summed E-state index contributed by atoms with van der Waals surface area (Å²) in [6, 6.07) is 43.2. The Labute approximate surface area is 206 Å². The summed E-state index contributed by atoms with van der Waals surface area (Å²) in [5, 5.41) is 2.97. The van der Waals surface area contributed by atoms with Gasteiger partial charge >= 0.3 is 0 Å². The lowest BCUT2D eigenvalue weighted by Crippen LogP contribution is -2.11. The van der Waals surface area contributed by atoms with Crippen molar-refractivity contribution in [2.24, 2.45) is 0 Å². The highest BCUT2D eigenvalue weighted by molar-refractivity contribution is 6.04. The quantitative estimate of drug-likeness (QED) is 0.276. The molecule has 0 aromatic heterocycles. The van der Waals surface area contributed by atoms with E-state index in [1.807, 2.05) is 48.5 Å². The first kappa shape index (κ1) is 22.4. The number of para-hydroxylation sites is 1. The van der Waals surface area contributed by atoms with Crippen molar-refractivity contribution in [2.45, 2.75) is 13.3 Å². The first-order valence-corrected chi connectivity index (χ1v) is 11.9. The zero-order chi connectivity index (χ0) is 24.0. The lowest BCUT2D eigenvalue weighted by Gasteiger charge is -2.13. The summed E-state index contributed by atoms with van der Waals surface area (Å²) in [6.45, 7) is 2.14. The fraction of sp³-hybridized carbons (Fsp3) is 0.0606. The van der Waals surface area contributed by atoms with Crippen LogP contribution in [0.4, 0.5) is 5.69 Å². The third kappa shape index (κ3) is 5.39. The monoisotopic (exact) mass is 453 g/mol. The van der Waals surface area contributed by atoms with Crippen molar-refractivity contribution in [2.75, 3.05) is 5.32 Å². The molecule has 170 valence electrons. The van der Waals surface area contributed by atoms with Gasteiger partial charge in [0, 0.05) is 11.3 Å². The second-order valence-corrected chi connectivity index (χ2v) is 8.80. The predicted molar refractivity (Wildman–Crippen MR) is 146 cm³/mol. The molecule has 1 amide bonds. The summed E-state index contributed by atoms with van der Waals surface area (Å²) in [7, 11) is 0. The van der Waals surface area contributed by atoms with Crippen molar-refractivity contribution in [3.8, 4) is 22.3 Å². The zero-order valence-corrected chi connectivity index (χ0v) is 19.7. The van der Waals surface area contributed by atoms with E-state index in [1.54, 1.807) is 0 Å². The highest BCUT2D eigenvalue weighted by Crippen LogP contribution is 2.28. The molecule has 5 aromatic carbocycles. The van der Waals surface area contributed by atoms with Crippen molar-refractivity contribution in [3.63, 3.8) is 0 Å². The Bertz CT molecular complexity index is 1460. The molecule has 0 spiro atoms. The van der Waals surface area contributed by atoms with Gasteiger partial charge < -0.3 is 5.32 Å². The van der Waals surface area contributed by atoms with Gasteiger partial charge in [-0.3, -0.25) is 4.79 Å². The van der Waals surface area contributed by atoms with Gasteiger partial charge in [-0.2, -0.15) is 0 Å². The van der Waals surface area contributed by atoms with Crippen molar-refractivity contribution in [1.29, 1.82) is 0 Å². The Morgan fingerprint density at radius 2 is 1.29 bits per heavy atom. The number of amides is 1. The van der Waals surface area contributed by atoms with Crippen molar-refractivity contribution < 1.29 is 4.79 Å². The van der Waals surface area contributed by atoms with Gasteiger partial charge in [0.25, 0.3) is 5.91 Å². The third-order valence-electron chi connectivity index (χ3n) is 6.16. The number of carbonyl (C=O) groups excluding carboxylic acids is 1. The van der Waals surface area contributed by atoms with Crippen molar-refractivity contribution in [1.82, 2.24) is 0 Å². The minimum atomic E-state index is -0.110. The first-order chi connectivity index (χ1) is 17.2. The van der Waals surface area contributed by atoms with Crippen LogP contribution in [0.15, 0.2) is 127 Å². The number of anilines is 1. The number of benzene rings is 5. The standard InChI is InChI=1S/C33H27NO/c1-24-18-19-32(26-11-4-2-5-12-26)30(20-24)22-25-10-8-13-27(21-25)28-14-9-15-29(23-28)33(35)34-31-16-6-3-7-17-31/h2-21,23H,22H2,1H3,(H,34,35). The molecule has 0 atom stereocenters. The Morgan fingerprint density at radius 1 is 0.629 bits per heavy atom. The summed E-state index contributed by atoms with van der Waals surface area (Å²) in [4.78, 5) is 12.8. The summed E-state index contributed by atoms with van der Waals surface area (Å²) < 4.78 is 0. The molecule has 2 nitrogen and oxygen atoms in total. The summed E-state index contributed by atoms with van der Waals surface area (Å²) in [5.41, 5.74) is 9.86. The highest BCUT2D eigenvalue weighted by Gasteiger charge is 2.10. The van der Waals surface area contributed by atoms with E-state index in [2.05, 4.69) is 91.1 Å². The molecule has 35 heavy (non-hydrogen) atoms. The summed E-state index contributed by atoms with van der Waals surface area (Å²) in [6.07, 6.45) is 0.841. The molecule has 0 aliphatic rings. The van der Waals surface area contributed by atoms with E-state index >= 15 is 0 Å². The fourth-order valence-corrected chi connectivity index (χ4v) is 4.41. The summed E-state index contributed by atoms with van der Waals surface area (Å²) >= 11 is 0. The average molecular weight is 454 g/mol. The van der Waals surface area contributed by atoms with E-state index < -0.39 is 0 Å². The maximum Gasteiger partial charge on any atom is 0.255 e. The highest BCUT2D eigenvalue weighted by atomic mass is 16.1. The van der Waals surface area contributed by atoms with Crippen LogP contribution in [0.3, 0.4) is 0 Å². The minimum absolute atomic E-state index is 0.110. The molecule has 0 bridgehead atoms. The lowest BCUT2D eigenvalue weighted by molar-refractivity contribution is 0.102. The van der Waals surface area contributed by atoms with Crippen LogP contribution >= 0.6 is 0 Å². The van der Waals surface area contributed by atoms with E-state index in [1.165, 1.54) is 27.8 Å². The smallest absolute Gasteiger partial charge is 0.255 e. The molecule has 0 fully saturated rings. The topological polar surface area (TPSA) is 29.1 Å². The van der Waals surface area contributed by atoms with Gasteiger partial charge in [0.1, 0.15) is 0 Å². The molecule has 0 aliphatic heterocycles. The van der Waals surface area contributed by atoms with Crippen LogP contribution < -0.4 is 5.32 Å². The normalized spacial score (nSPS) is 10.7. The van der Waals surface area contributed by atoms with Crippen molar-refractivity contribution >= 4 is 11.6 Å². The van der Waals surface area contributed by atoms with E-state index in [4.69, 9.17) is 0 Å². The SMILES string of the molecule is Cc1ccc(-c2ccccc2)c(Cc2cccc(-c3cccc(C(=O)Nc4ccccc4)c3)c2)c1. The molecule has 5 aromatic rings. The average Bonchev–Trinajstić information content (AvgIpc) is 2.90. The van der Waals surface area contributed by atoms with Gasteiger partial charge in [-0.05, 0) is 71.0 Å². The number of carbonyl (C=O) groups is 1. The van der Waals surface area contributed by atoms with Gasteiger partial charge in [-0.15, -0.1) is 0 Å². The van der Waals surface area contributed by atoms with Crippen LogP contribution in [0.5, 0.6) is 0 Å². The van der Waals surface area contributed by atoms with E-state index in [0.717, 1.165) is 23.2 Å². The predicted octanol–water partition coefficient (Wildman–Crippen LogP) is 8.17. The number of hydrogen-bond acceptors (Lipinski definition) is 1. The van der Waals surface area contributed by atoms with Gasteiger partial charge in [0.05, 0.1) is 0 Å². The van der Waals surface area contributed by atoms with Crippen LogP contribution in [0.25, 0.3) is 22.3 Å². The maximum absolute atomic E-state index is 12.8. The van der Waals surface area contributed by atoms with Crippen LogP contribution in [0.2, 0.25) is 0 Å². The number of aryl methyl sites for hydroxylation is 1. The summed E-state index contributed by atoms with van der Waals surface area (Å²) in [5.74, 6) is -0.110. The molecule has 0 saturated carbocycles. The number of hydrogen-bond donors (Lipinski definition) is 1. The molecule has 0 saturated heterocycles. The first-order valence-electron chi connectivity index (χ1n) is 11.9. The molecule has 0 radical (unpaired) electrons. The molecular formula is C33H27NO. The van der Waals surface area contributed by atoms with Crippen LogP contribution in [-0.2, 0) is 6.42 Å². The van der Waals surface area contributed by atoms with Gasteiger partial charge in [0.2, 0.25) is 0 Å². The largest absolute Gasteiger partial charge is 0.322 e. The van der Waals surface area contributed by atoms with Gasteiger partial charge in [-0.1, -0.05) is 109 Å². The number of nitrogens with one attached hydrogen (secondary N) is 1. The molecule has 0 aliphatic carbocycles. The fourth-order valence-electron chi connectivity index (χ4n) is 4.41. The van der Waals surface area contributed by atoms with E-state index in [9.17, 15) is 4.79 Å². The van der Waals surface area contributed by atoms with Crippen LogP contribution in [-0.4, -0.2) is 5.91 Å². The Kier molecular flexibility index (Phi) is 6.54. The molecular weight excluding hydrogens is 426 g/mol. The van der Waals surface area contributed by atoms with Crippen LogP contribution in [0.1, 0.15) is 27.0 Å². The molecule has 1 N–H and O–H groups in total. The second kappa shape index (κ2) is 10.2. The van der Waals surface area contributed by atoms with Gasteiger partial charge in [0.15, 0.2) is 0 Å². The minimum Gasteiger partial charge on any atom is -0.322 e. The van der Waals surface area contributed by atoms with E-state index in [-0.39, 0.29) is 5.91 Å². The molecule has 5 rings (SSSR count). The Hall–Kier alpha value is -4.43. The number of rotatable bonds is 6. The molecule has 0 unspecified atom stereocenters. The molecule has 2 heteroatoms. The van der Waals surface area contributed by atoms with E-state index in [0.29, 0.717) is 5.56 Å². The van der Waals surface area contributed by atoms with Gasteiger partial charge in [-0.25, -0.2) is 0 Å². The Balaban J connectivity index is 1.41. The van der Waals surface area contributed by atoms with Crippen LogP contribution in [0, 0.1) is 6.92 Å². The van der Waals surface area contributed by atoms with Crippen molar-refractivity contribution in [3.05, 3.63) is 150 Å².